The Morgan fingerprint density at radius 2 is 1.90 bits per heavy atom. The zero-order valence-electron chi connectivity index (χ0n) is 12.6. The first-order valence-corrected chi connectivity index (χ1v) is 7.03. The van der Waals surface area contributed by atoms with Crippen LogP contribution in [0.1, 0.15) is 34.0 Å². The molecule has 0 saturated carbocycles. The van der Waals surface area contributed by atoms with Gasteiger partial charge in [-0.05, 0) is 38.8 Å². The van der Waals surface area contributed by atoms with E-state index in [0.717, 1.165) is 23.2 Å². The van der Waals surface area contributed by atoms with E-state index in [1.807, 2.05) is 44.7 Å². The van der Waals surface area contributed by atoms with Gasteiger partial charge in [-0.1, -0.05) is 17.7 Å². The Hall–Kier alpha value is -1.68. The third-order valence-corrected chi connectivity index (χ3v) is 3.93. The lowest BCUT2D eigenvalue weighted by molar-refractivity contribution is -0.127. The molecule has 1 heterocycles. The lowest BCUT2D eigenvalue weighted by Gasteiger charge is -2.32. The molecular formula is C16H22N2O2. The molecule has 1 saturated heterocycles. The molecule has 0 aliphatic carbocycles. The van der Waals surface area contributed by atoms with Crippen LogP contribution >= 0.6 is 0 Å². The van der Waals surface area contributed by atoms with E-state index in [2.05, 4.69) is 5.32 Å². The first kappa shape index (κ1) is 14.7. The number of carbonyl (C=O) groups is 2. The average Bonchev–Trinajstić information content (AvgIpc) is 2.33. The van der Waals surface area contributed by atoms with Gasteiger partial charge in [-0.25, -0.2) is 0 Å². The van der Waals surface area contributed by atoms with Gasteiger partial charge in [0.2, 0.25) is 5.91 Å². The smallest absolute Gasteiger partial charge is 0.237 e. The average molecular weight is 274 g/mol. The molecule has 1 N–H and O–H groups in total. The number of benzene rings is 1. The molecule has 1 aromatic carbocycles. The van der Waals surface area contributed by atoms with Crippen LogP contribution in [0.15, 0.2) is 12.1 Å². The number of hydrogen-bond acceptors (Lipinski definition) is 3. The van der Waals surface area contributed by atoms with Crippen LogP contribution in [-0.4, -0.2) is 42.3 Å². The van der Waals surface area contributed by atoms with Gasteiger partial charge in [-0.15, -0.1) is 0 Å². The number of ketones is 1. The second-order valence-corrected chi connectivity index (χ2v) is 5.63. The highest BCUT2D eigenvalue weighted by Gasteiger charge is 2.27. The minimum atomic E-state index is -0.237. The monoisotopic (exact) mass is 274 g/mol. The molecule has 4 heteroatoms. The summed E-state index contributed by atoms with van der Waals surface area (Å²) in [7, 11) is 0. The van der Waals surface area contributed by atoms with Crippen molar-refractivity contribution in [1.29, 1.82) is 0 Å². The van der Waals surface area contributed by atoms with Gasteiger partial charge in [0.15, 0.2) is 5.78 Å². The summed E-state index contributed by atoms with van der Waals surface area (Å²) in [5.74, 6) is 0.1000. The van der Waals surface area contributed by atoms with Crippen LogP contribution in [0.4, 0.5) is 0 Å². The number of nitrogens with one attached hydrogen (secondary N) is 1. The molecule has 4 nitrogen and oxygen atoms in total. The molecule has 1 aliphatic rings. The molecule has 0 bridgehead atoms. The summed E-state index contributed by atoms with van der Waals surface area (Å²) >= 11 is 0. The number of carbonyl (C=O) groups excluding carboxylic acids is 2. The highest BCUT2D eigenvalue weighted by atomic mass is 16.2. The van der Waals surface area contributed by atoms with Gasteiger partial charge >= 0.3 is 0 Å². The topological polar surface area (TPSA) is 49.4 Å². The summed E-state index contributed by atoms with van der Waals surface area (Å²) in [5, 5.41) is 2.81. The largest absolute Gasteiger partial charge is 0.353 e. The van der Waals surface area contributed by atoms with E-state index >= 15 is 0 Å². The summed E-state index contributed by atoms with van der Waals surface area (Å²) in [6.45, 7) is 9.46. The third-order valence-electron chi connectivity index (χ3n) is 3.93. The molecule has 1 amide bonds. The van der Waals surface area contributed by atoms with Gasteiger partial charge in [0.1, 0.15) is 0 Å². The SMILES string of the molecule is Cc1cc(C)c(C(=O)CN2CCNC(=O)C2C)c(C)c1. The van der Waals surface area contributed by atoms with Crippen molar-refractivity contribution < 1.29 is 9.59 Å². The summed E-state index contributed by atoms with van der Waals surface area (Å²) < 4.78 is 0. The molecule has 20 heavy (non-hydrogen) atoms. The molecule has 0 spiro atoms. The Morgan fingerprint density at radius 3 is 2.50 bits per heavy atom. The number of amides is 1. The van der Waals surface area contributed by atoms with Gasteiger partial charge in [-0.2, -0.15) is 0 Å². The van der Waals surface area contributed by atoms with Crippen LogP contribution in [0.3, 0.4) is 0 Å². The van der Waals surface area contributed by atoms with Crippen LogP contribution < -0.4 is 5.32 Å². The Bertz CT molecular complexity index is 528. The quantitative estimate of drug-likeness (QED) is 0.852. The van der Waals surface area contributed by atoms with Crippen molar-refractivity contribution in [2.75, 3.05) is 19.6 Å². The molecule has 0 radical (unpaired) electrons. The van der Waals surface area contributed by atoms with Crippen LogP contribution in [0.5, 0.6) is 0 Å². The maximum Gasteiger partial charge on any atom is 0.237 e. The second-order valence-electron chi connectivity index (χ2n) is 5.63. The van der Waals surface area contributed by atoms with Crippen LogP contribution in [0.2, 0.25) is 0 Å². The number of aryl methyl sites for hydroxylation is 3. The zero-order valence-corrected chi connectivity index (χ0v) is 12.6. The number of piperazine rings is 1. The number of Topliss-reactive ketones (excluding diaryl/α,β-unsaturated/α-hetero) is 1. The van der Waals surface area contributed by atoms with E-state index in [4.69, 9.17) is 0 Å². The molecular weight excluding hydrogens is 252 g/mol. The van der Waals surface area contributed by atoms with E-state index in [0.29, 0.717) is 13.1 Å². The Balaban J connectivity index is 2.18. The lowest BCUT2D eigenvalue weighted by Crippen LogP contribution is -2.55. The van der Waals surface area contributed by atoms with E-state index in [-0.39, 0.29) is 17.7 Å². The van der Waals surface area contributed by atoms with Gasteiger partial charge in [0.25, 0.3) is 0 Å². The molecule has 1 atom stereocenters. The van der Waals surface area contributed by atoms with Crippen LogP contribution in [-0.2, 0) is 4.79 Å². The van der Waals surface area contributed by atoms with Crippen molar-refractivity contribution >= 4 is 11.7 Å². The van der Waals surface area contributed by atoms with E-state index in [1.54, 1.807) is 0 Å². The van der Waals surface area contributed by atoms with Crippen molar-refractivity contribution in [3.63, 3.8) is 0 Å². The molecule has 1 aromatic rings. The van der Waals surface area contributed by atoms with Gasteiger partial charge < -0.3 is 5.32 Å². The number of hydrogen-bond donors (Lipinski definition) is 1. The summed E-state index contributed by atoms with van der Waals surface area (Å²) in [6, 6.07) is 3.83. The fourth-order valence-electron chi connectivity index (χ4n) is 2.93. The van der Waals surface area contributed by atoms with Crippen LogP contribution in [0.25, 0.3) is 0 Å². The Kier molecular flexibility index (Phi) is 4.23. The molecule has 108 valence electrons. The van der Waals surface area contributed by atoms with E-state index < -0.39 is 0 Å². The van der Waals surface area contributed by atoms with E-state index in [1.165, 1.54) is 5.56 Å². The highest BCUT2D eigenvalue weighted by Crippen LogP contribution is 2.18. The minimum absolute atomic E-state index is 0.00130. The fraction of sp³-hybridized carbons (Fsp3) is 0.500. The third kappa shape index (κ3) is 2.90. The van der Waals surface area contributed by atoms with Gasteiger partial charge in [-0.3, -0.25) is 14.5 Å². The number of rotatable bonds is 3. The lowest BCUT2D eigenvalue weighted by atomic mass is 9.96. The predicted molar refractivity (Wildman–Crippen MR) is 79.0 cm³/mol. The number of nitrogens with zero attached hydrogens (tertiary/aromatic N) is 1. The molecule has 0 aromatic heterocycles. The standard InChI is InChI=1S/C16H22N2O2/c1-10-7-11(2)15(12(3)8-10)14(19)9-18-6-5-17-16(20)13(18)4/h7-8,13H,5-6,9H2,1-4H3,(H,17,20). The normalized spacial score (nSPS) is 19.8. The maximum absolute atomic E-state index is 12.5. The summed E-state index contributed by atoms with van der Waals surface area (Å²) in [6.07, 6.45) is 0. The first-order valence-electron chi connectivity index (χ1n) is 7.03. The van der Waals surface area contributed by atoms with Crippen molar-refractivity contribution in [2.24, 2.45) is 0 Å². The maximum atomic E-state index is 12.5. The van der Waals surface area contributed by atoms with Crippen molar-refractivity contribution in [1.82, 2.24) is 10.2 Å². The molecule has 1 unspecified atom stereocenters. The predicted octanol–water partition coefficient (Wildman–Crippen LogP) is 1.61. The van der Waals surface area contributed by atoms with Crippen molar-refractivity contribution in [3.05, 3.63) is 34.4 Å². The van der Waals surface area contributed by atoms with E-state index in [9.17, 15) is 9.59 Å². The second kappa shape index (κ2) is 5.75. The Labute approximate surface area is 120 Å². The zero-order chi connectivity index (χ0) is 14.9. The first-order chi connectivity index (χ1) is 9.40. The van der Waals surface area contributed by atoms with Gasteiger partial charge in [0, 0.05) is 18.7 Å². The van der Waals surface area contributed by atoms with Gasteiger partial charge in [0.05, 0.1) is 12.6 Å². The summed E-state index contributed by atoms with van der Waals surface area (Å²) in [4.78, 5) is 26.1. The fourth-order valence-corrected chi connectivity index (χ4v) is 2.93. The van der Waals surface area contributed by atoms with Crippen molar-refractivity contribution in [2.45, 2.75) is 33.7 Å². The molecule has 2 rings (SSSR count). The van der Waals surface area contributed by atoms with Crippen LogP contribution in [0, 0.1) is 20.8 Å². The Morgan fingerprint density at radius 1 is 1.30 bits per heavy atom. The highest BCUT2D eigenvalue weighted by molar-refractivity contribution is 6.00. The molecule has 1 fully saturated rings. The minimum Gasteiger partial charge on any atom is -0.353 e. The van der Waals surface area contributed by atoms with Crippen molar-refractivity contribution in [3.8, 4) is 0 Å². The summed E-state index contributed by atoms with van der Waals surface area (Å²) in [5.41, 5.74) is 4.00. The molecule has 1 aliphatic heterocycles.